The second-order valence-corrected chi connectivity index (χ2v) is 13.8. The molecular weight excluding hydrogens is 402 g/mol. The molecule has 0 unspecified atom stereocenters. The molecule has 0 radical (unpaired) electrons. The minimum Gasteiger partial charge on any atom is -0.462 e. The van der Waals surface area contributed by atoms with Gasteiger partial charge in [0.1, 0.15) is 0 Å². The van der Waals surface area contributed by atoms with Crippen molar-refractivity contribution >= 4 is 36.1 Å². The third kappa shape index (κ3) is 5.40. The Morgan fingerprint density at radius 1 is 1.36 bits per heavy atom. The first-order valence-electron chi connectivity index (χ1n) is 8.84. The van der Waals surface area contributed by atoms with Gasteiger partial charge in [0.15, 0.2) is 8.32 Å². The number of nitrogens with one attached hydrogen (secondary N) is 1. The number of carbonyl (C=O) groups excluding carboxylic acids is 2. The smallest absolute Gasteiger partial charge is 0.344 e. The predicted octanol–water partition coefficient (Wildman–Crippen LogP) is 3.99. The first-order chi connectivity index (χ1) is 11.3. The molecule has 1 N–H and O–H groups in total. The minimum absolute atomic E-state index is 0.00746. The molecule has 25 heavy (non-hydrogen) atoms. The molecule has 0 aliphatic carbocycles. The quantitative estimate of drug-likeness (QED) is 0.285. The molecule has 1 amide bonds. The van der Waals surface area contributed by atoms with Gasteiger partial charge in [0.05, 0.1) is 23.1 Å². The van der Waals surface area contributed by atoms with E-state index in [1.165, 1.54) is 0 Å². The SMILES string of the molecule is CCOC(=O)/C(Br)=C/[C@@H](C)[C@H]1NC(=O)[C@@H]1[C@@H](C)O[Si](C)(C)C(C)(C)C. The van der Waals surface area contributed by atoms with E-state index in [9.17, 15) is 9.59 Å². The molecule has 0 aromatic rings. The van der Waals surface area contributed by atoms with Gasteiger partial charge in [-0.15, -0.1) is 0 Å². The van der Waals surface area contributed by atoms with Gasteiger partial charge < -0.3 is 14.5 Å². The number of halogens is 1. The zero-order chi connectivity index (χ0) is 19.6. The highest BCUT2D eigenvalue weighted by Gasteiger charge is 2.48. The van der Waals surface area contributed by atoms with Crippen molar-refractivity contribution in [3.63, 3.8) is 0 Å². The highest BCUT2D eigenvalue weighted by atomic mass is 79.9. The Morgan fingerprint density at radius 3 is 2.36 bits per heavy atom. The van der Waals surface area contributed by atoms with Gasteiger partial charge in [-0.25, -0.2) is 4.79 Å². The van der Waals surface area contributed by atoms with Crippen molar-refractivity contribution in [2.24, 2.45) is 11.8 Å². The van der Waals surface area contributed by atoms with E-state index in [2.05, 4.69) is 55.1 Å². The van der Waals surface area contributed by atoms with E-state index in [-0.39, 0.29) is 40.9 Å². The summed E-state index contributed by atoms with van der Waals surface area (Å²) >= 11 is 3.26. The highest BCUT2D eigenvalue weighted by Crippen LogP contribution is 2.39. The average molecular weight is 434 g/mol. The van der Waals surface area contributed by atoms with Crippen molar-refractivity contribution in [3.8, 4) is 0 Å². The molecule has 5 nitrogen and oxygen atoms in total. The zero-order valence-electron chi connectivity index (χ0n) is 16.6. The van der Waals surface area contributed by atoms with Gasteiger partial charge in [-0.3, -0.25) is 4.79 Å². The summed E-state index contributed by atoms with van der Waals surface area (Å²) in [6.45, 7) is 17.0. The topological polar surface area (TPSA) is 64.6 Å². The molecule has 1 fully saturated rings. The maximum atomic E-state index is 12.1. The van der Waals surface area contributed by atoms with E-state index in [1.54, 1.807) is 13.0 Å². The monoisotopic (exact) mass is 433 g/mol. The number of rotatable bonds is 7. The summed E-state index contributed by atoms with van der Waals surface area (Å²) in [4.78, 5) is 23.9. The summed E-state index contributed by atoms with van der Waals surface area (Å²) in [6.07, 6.45) is 1.64. The Balaban J connectivity index is 2.82. The Kier molecular flexibility index (Phi) is 7.48. The second-order valence-electron chi connectivity index (χ2n) is 8.24. The second kappa shape index (κ2) is 8.35. The van der Waals surface area contributed by atoms with Gasteiger partial charge in [-0.05, 0) is 53.8 Å². The molecular formula is C18H32BrNO4Si. The van der Waals surface area contributed by atoms with Crippen molar-refractivity contribution in [3.05, 3.63) is 10.6 Å². The fraction of sp³-hybridized carbons (Fsp3) is 0.778. The van der Waals surface area contributed by atoms with Gasteiger partial charge in [0, 0.05) is 6.04 Å². The van der Waals surface area contributed by atoms with Crippen molar-refractivity contribution in [2.75, 3.05) is 6.61 Å². The molecule has 1 heterocycles. The molecule has 7 heteroatoms. The van der Waals surface area contributed by atoms with Crippen LogP contribution in [0.25, 0.3) is 0 Å². The van der Waals surface area contributed by atoms with Gasteiger partial charge >= 0.3 is 5.97 Å². The van der Waals surface area contributed by atoms with Crippen LogP contribution in [0.1, 0.15) is 41.5 Å². The number of hydrogen-bond donors (Lipinski definition) is 1. The number of esters is 1. The average Bonchev–Trinajstić information content (AvgIpc) is 2.42. The Bertz CT molecular complexity index is 542. The molecule has 0 bridgehead atoms. The van der Waals surface area contributed by atoms with Gasteiger partial charge in [-0.1, -0.05) is 33.8 Å². The van der Waals surface area contributed by atoms with E-state index in [4.69, 9.17) is 9.16 Å². The molecule has 1 aliphatic heterocycles. The number of carbonyl (C=O) groups is 2. The lowest BCUT2D eigenvalue weighted by atomic mass is 9.79. The minimum atomic E-state index is -1.95. The van der Waals surface area contributed by atoms with Crippen LogP contribution in [0.5, 0.6) is 0 Å². The van der Waals surface area contributed by atoms with Crippen LogP contribution in [-0.2, 0) is 18.8 Å². The molecule has 0 spiro atoms. The standard InChI is InChI=1S/C18H32BrNO4Si/c1-9-23-17(22)13(19)10-11(2)15-14(16(21)20-15)12(3)24-25(7,8)18(4,5)6/h10-12,14-15H,9H2,1-8H3,(H,20,21)/b13-10-/t11-,12-,14-,15-/m1/s1. The van der Waals surface area contributed by atoms with Crippen molar-refractivity contribution in [1.82, 2.24) is 5.32 Å². The number of amides is 1. The highest BCUT2D eigenvalue weighted by molar-refractivity contribution is 9.12. The molecule has 1 rings (SSSR count). The Morgan fingerprint density at radius 2 is 1.92 bits per heavy atom. The fourth-order valence-electron chi connectivity index (χ4n) is 2.70. The molecule has 1 aliphatic rings. The Labute approximate surface area is 161 Å². The van der Waals surface area contributed by atoms with Crippen LogP contribution >= 0.6 is 15.9 Å². The van der Waals surface area contributed by atoms with Gasteiger partial charge in [0.25, 0.3) is 0 Å². The number of ether oxygens (including phenoxy) is 1. The van der Waals surface area contributed by atoms with Crippen LogP contribution in [-0.4, -0.2) is 38.9 Å². The number of β-lactam (4-membered cyclic amide) rings is 1. The van der Waals surface area contributed by atoms with Crippen LogP contribution in [0.4, 0.5) is 0 Å². The van der Waals surface area contributed by atoms with Crippen molar-refractivity contribution < 1.29 is 18.8 Å². The van der Waals surface area contributed by atoms with E-state index < -0.39 is 8.32 Å². The summed E-state index contributed by atoms with van der Waals surface area (Å²) < 4.78 is 11.8. The van der Waals surface area contributed by atoms with Gasteiger partial charge in [-0.2, -0.15) is 0 Å². The molecule has 4 atom stereocenters. The van der Waals surface area contributed by atoms with Gasteiger partial charge in [0.2, 0.25) is 5.91 Å². The maximum Gasteiger partial charge on any atom is 0.344 e. The van der Waals surface area contributed by atoms with Crippen LogP contribution in [0.15, 0.2) is 10.6 Å². The number of hydrogen-bond acceptors (Lipinski definition) is 4. The summed E-state index contributed by atoms with van der Waals surface area (Å²) in [7, 11) is -1.95. The first-order valence-corrected chi connectivity index (χ1v) is 12.5. The molecule has 1 saturated heterocycles. The lowest BCUT2D eigenvalue weighted by Crippen LogP contribution is -2.65. The van der Waals surface area contributed by atoms with Crippen LogP contribution in [0, 0.1) is 11.8 Å². The van der Waals surface area contributed by atoms with Crippen LogP contribution < -0.4 is 5.32 Å². The van der Waals surface area contributed by atoms with Crippen LogP contribution in [0.2, 0.25) is 18.1 Å². The third-order valence-corrected chi connectivity index (χ3v) is 10.4. The first kappa shape index (κ1) is 22.4. The van der Waals surface area contributed by atoms with E-state index in [0.29, 0.717) is 11.1 Å². The van der Waals surface area contributed by atoms with Crippen molar-refractivity contribution in [2.45, 2.75) is 71.8 Å². The summed E-state index contributed by atoms with van der Waals surface area (Å²) in [5.74, 6) is -0.583. The molecule has 0 aromatic carbocycles. The van der Waals surface area contributed by atoms with Crippen LogP contribution in [0.3, 0.4) is 0 Å². The maximum absolute atomic E-state index is 12.1. The van der Waals surface area contributed by atoms with E-state index in [0.717, 1.165) is 0 Å². The Hall–Kier alpha value is -0.663. The third-order valence-electron chi connectivity index (χ3n) is 5.24. The largest absolute Gasteiger partial charge is 0.462 e. The van der Waals surface area contributed by atoms with E-state index in [1.807, 2.05) is 13.8 Å². The summed E-state index contributed by atoms with van der Waals surface area (Å²) in [5.41, 5.74) is 0. The molecule has 144 valence electrons. The lowest BCUT2D eigenvalue weighted by Gasteiger charge is -2.46. The predicted molar refractivity (Wildman–Crippen MR) is 106 cm³/mol. The molecule has 0 aromatic heterocycles. The summed E-state index contributed by atoms with van der Waals surface area (Å²) in [6, 6.07) is -0.0470. The lowest BCUT2D eigenvalue weighted by molar-refractivity contribution is -0.141. The summed E-state index contributed by atoms with van der Waals surface area (Å²) in [5, 5.41) is 3.05. The van der Waals surface area contributed by atoms with E-state index >= 15 is 0 Å². The molecule has 0 saturated carbocycles. The zero-order valence-corrected chi connectivity index (χ0v) is 19.2. The van der Waals surface area contributed by atoms with Crippen molar-refractivity contribution in [1.29, 1.82) is 0 Å². The normalized spacial score (nSPS) is 24.2. The fourth-order valence-corrected chi connectivity index (χ4v) is 4.66.